The summed E-state index contributed by atoms with van der Waals surface area (Å²) in [6, 6.07) is 0.380. The Labute approximate surface area is 101 Å². The third-order valence-corrected chi connectivity index (χ3v) is 2.92. The van der Waals surface area contributed by atoms with Crippen LogP contribution in [0.2, 0.25) is 0 Å². The zero-order chi connectivity index (χ0) is 13.4. The molecule has 7 heteroatoms. The smallest absolute Gasteiger partial charge is 0.320 e. The third kappa shape index (κ3) is 1.87. The largest absolute Gasteiger partial charge is 0.503 e. The highest BCUT2D eigenvalue weighted by atomic mass is 19.1. The summed E-state index contributed by atoms with van der Waals surface area (Å²) in [7, 11) is 0. The van der Waals surface area contributed by atoms with Crippen LogP contribution in [0.5, 0.6) is 5.75 Å². The molecule has 1 unspecified atom stereocenters. The van der Waals surface area contributed by atoms with Crippen LogP contribution in [0.3, 0.4) is 0 Å². The first kappa shape index (κ1) is 12.3. The molecule has 0 aromatic heterocycles. The number of aromatic hydroxyl groups is 1. The number of hydrogen-bond donors (Lipinski definition) is 3. The number of nitrogens with zero attached hydrogens (tertiary/aromatic N) is 1. The highest BCUT2D eigenvalue weighted by Gasteiger charge is 2.34. The van der Waals surface area contributed by atoms with Crippen molar-refractivity contribution < 1.29 is 18.7 Å². The molecule has 1 atom stereocenters. The van der Waals surface area contributed by atoms with Gasteiger partial charge in [-0.1, -0.05) is 0 Å². The minimum atomic E-state index is -1.10. The Kier molecular flexibility index (Phi) is 2.90. The highest BCUT2D eigenvalue weighted by molar-refractivity contribution is 5.97. The van der Waals surface area contributed by atoms with Crippen LogP contribution in [0.25, 0.3) is 0 Å². The number of phenols is 1. The zero-order valence-corrected chi connectivity index (χ0v) is 9.28. The Morgan fingerprint density at radius 1 is 1.44 bits per heavy atom. The lowest BCUT2D eigenvalue weighted by atomic mass is 10.0. The number of benzene rings is 1. The van der Waals surface area contributed by atoms with E-state index in [0.717, 1.165) is 17.0 Å². The predicted octanol–water partition coefficient (Wildman–Crippen LogP) is 1.86. The second kappa shape index (κ2) is 4.25. The average molecular weight is 255 g/mol. The maximum absolute atomic E-state index is 13.2. The fourth-order valence-corrected chi connectivity index (χ4v) is 2.09. The number of likely N-dealkylation sites (tertiary alicyclic amines) is 1. The van der Waals surface area contributed by atoms with E-state index in [-0.39, 0.29) is 11.4 Å². The van der Waals surface area contributed by atoms with Gasteiger partial charge in [-0.25, -0.2) is 13.6 Å². The van der Waals surface area contributed by atoms with Crippen LogP contribution in [-0.4, -0.2) is 21.9 Å². The van der Waals surface area contributed by atoms with Gasteiger partial charge >= 0.3 is 6.03 Å². The molecule has 1 fully saturated rings. The fraction of sp³-hybridized carbons (Fsp3) is 0.273. The SMILES string of the molecule is N=C1CCC(c2cc(F)c(O)c(F)c2)N1C(N)=O. The Balaban J connectivity index is 2.43. The van der Waals surface area contributed by atoms with E-state index in [4.69, 9.17) is 16.2 Å². The molecule has 4 N–H and O–H groups in total. The van der Waals surface area contributed by atoms with E-state index in [2.05, 4.69) is 0 Å². The molecular weight excluding hydrogens is 244 g/mol. The second-order valence-electron chi connectivity index (χ2n) is 4.04. The van der Waals surface area contributed by atoms with Crippen molar-refractivity contribution in [2.24, 2.45) is 5.73 Å². The van der Waals surface area contributed by atoms with Gasteiger partial charge in [0.15, 0.2) is 17.4 Å². The number of primary amides is 1. The van der Waals surface area contributed by atoms with Crippen molar-refractivity contribution in [3.8, 4) is 5.75 Å². The van der Waals surface area contributed by atoms with Gasteiger partial charge in [-0.15, -0.1) is 0 Å². The minimum Gasteiger partial charge on any atom is -0.503 e. The maximum Gasteiger partial charge on any atom is 0.320 e. The lowest BCUT2D eigenvalue weighted by Gasteiger charge is -2.22. The van der Waals surface area contributed by atoms with Gasteiger partial charge in [-0.3, -0.25) is 10.3 Å². The Morgan fingerprint density at radius 3 is 2.50 bits per heavy atom. The molecule has 1 aliphatic rings. The third-order valence-electron chi connectivity index (χ3n) is 2.92. The van der Waals surface area contributed by atoms with Gasteiger partial charge in [0.2, 0.25) is 0 Å². The molecule has 2 amide bonds. The van der Waals surface area contributed by atoms with E-state index in [9.17, 15) is 13.6 Å². The van der Waals surface area contributed by atoms with E-state index in [1.807, 2.05) is 0 Å². The Morgan fingerprint density at radius 2 is 2.00 bits per heavy atom. The number of carbonyl (C=O) groups excluding carboxylic acids is 1. The van der Waals surface area contributed by atoms with Gasteiger partial charge in [0.05, 0.1) is 6.04 Å². The van der Waals surface area contributed by atoms with Crippen LogP contribution in [0.15, 0.2) is 12.1 Å². The molecule has 0 bridgehead atoms. The van der Waals surface area contributed by atoms with Crippen LogP contribution < -0.4 is 5.73 Å². The molecule has 1 saturated heterocycles. The number of hydrogen-bond acceptors (Lipinski definition) is 3. The summed E-state index contributed by atoms with van der Waals surface area (Å²) >= 11 is 0. The van der Waals surface area contributed by atoms with E-state index >= 15 is 0 Å². The molecule has 1 aromatic carbocycles. The maximum atomic E-state index is 13.2. The Bertz CT molecular complexity index is 510. The van der Waals surface area contributed by atoms with Crippen LogP contribution in [0.1, 0.15) is 24.4 Å². The molecule has 0 radical (unpaired) electrons. The molecule has 5 nitrogen and oxygen atoms in total. The van der Waals surface area contributed by atoms with Gasteiger partial charge in [0.25, 0.3) is 0 Å². The standard InChI is InChI=1S/C11H11F2N3O2/c12-6-3-5(4-7(13)10(6)17)8-1-2-9(14)16(8)11(15)18/h3-4,8,14,17H,1-2H2,(H2,15,18). The first-order valence-corrected chi connectivity index (χ1v) is 5.25. The number of nitrogens with one attached hydrogen (secondary N) is 1. The molecule has 0 saturated carbocycles. The summed E-state index contributed by atoms with van der Waals surface area (Å²) < 4.78 is 26.5. The number of amidine groups is 1. The number of rotatable bonds is 1. The summed E-state index contributed by atoms with van der Waals surface area (Å²) in [4.78, 5) is 12.2. The van der Waals surface area contributed by atoms with Crippen molar-refractivity contribution in [2.75, 3.05) is 0 Å². The van der Waals surface area contributed by atoms with Gasteiger partial charge in [0.1, 0.15) is 5.84 Å². The quantitative estimate of drug-likeness (QED) is 0.714. The number of nitrogens with two attached hydrogens (primary N) is 1. The van der Waals surface area contributed by atoms with Crippen molar-refractivity contribution >= 4 is 11.9 Å². The number of amides is 2. The second-order valence-corrected chi connectivity index (χ2v) is 4.04. The van der Waals surface area contributed by atoms with Crippen molar-refractivity contribution in [3.63, 3.8) is 0 Å². The summed E-state index contributed by atoms with van der Waals surface area (Å²) in [5, 5.41) is 16.6. The summed E-state index contributed by atoms with van der Waals surface area (Å²) in [5.74, 6) is -3.25. The van der Waals surface area contributed by atoms with Gasteiger partial charge in [0, 0.05) is 6.42 Å². The van der Waals surface area contributed by atoms with Gasteiger partial charge < -0.3 is 10.8 Å². The molecule has 0 spiro atoms. The van der Waals surface area contributed by atoms with Crippen LogP contribution in [-0.2, 0) is 0 Å². The normalized spacial score (nSPS) is 19.3. The first-order valence-electron chi connectivity index (χ1n) is 5.25. The molecule has 1 aliphatic heterocycles. The van der Waals surface area contributed by atoms with Crippen LogP contribution in [0, 0.1) is 17.0 Å². The molecule has 1 aromatic rings. The van der Waals surface area contributed by atoms with E-state index < -0.39 is 29.5 Å². The van der Waals surface area contributed by atoms with Crippen LogP contribution >= 0.6 is 0 Å². The molecule has 2 rings (SSSR count). The van der Waals surface area contributed by atoms with Crippen molar-refractivity contribution in [2.45, 2.75) is 18.9 Å². The molecule has 0 aliphatic carbocycles. The number of urea groups is 1. The van der Waals surface area contributed by atoms with Gasteiger partial charge in [-0.05, 0) is 24.1 Å². The van der Waals surface area contributed by atoms with E-state index in [1.54, 1.807) is 0 Å². The molecular formula is C11H11F2N3O2. The van der Waals surface area contributed by atoms with Crippen molar-refractivity contribution in [1.29, 1.82) is 5.41 Å². The minimum absolute atomic E-state index is 0.0152. The first-order chi connectivity index (χ1) is 8.41. The number of carbonyl (C=O) groups is 1. The highest BCUT2D eigenvalue weighted by Crippen LogP contribution is 2.35. The zero-order valence-electron chi connectivity index (χ0n) is 9.28. The van der Waals surface area contributed by atoms with Gasteiger partial charge in [-0.2, -0.15) is 0 Å². The lowest BCUT2D eigenvalue weighted by molar-refractivity contribution is 0.221. The summed E-state index contributed by atoms with van der Waals surface area (Å²) in [5.41, 5.74) is 5.30. The fourth-order valence-electron chi connectivity index (χ4n) is 2.09. The summed E-state index contributed by atoms with van der Waals surface area (Å²) in [6.45, 7) is 0. The van der Waals surface area contributed by atoms with Crippen molar-refractivity contribution in [3.05, 3.63) is 29.3 Å². The summed E-state index contributed by atoms with van der Waals surface area (Å²) in [6.07, 6.45) is 0.670. The molecule has 18 heavy (non-hydrogen) atoms. The molecule has 96 valence electrons. The number of phenolic OH excluding ortho intramolecular Hbond substituents is 1. The van der Waals surface area contributed by atoms with Crippen LogP contribution in [0.4, 0.5) is 13.6 Å². The monoisotopic (exact) mass is 255 g/mol. The molecule has 1 heterocycles. The van der Waals surface area contributed by atoms with E-state index in [1.165, 1.54) is 0 Å². The Hall–Kier alpha value is -2.18. The van der Waals surface area contributed by atoms with Crippen molar-refractivity contribution in [1.82, 2.24) is 4.90 Å². The lowest BCUT2D eigenvalue weighted by Crippen LogP contribution is -2.38. The van der Waals surface area contributed by atoms with E-state index in [0.29, 0.717) is 12.8 Å². The number of halogens is 2. The average Bonchev–Trinajstić information content (AvgIpc) is 2.67. The topological polar surface area (TPSA) is 90.4 Å². The predicted molar refractivity (Wildman–Crippen MR) is 59.1 cm³/mol.